The lowest BCUT2D eigenvalue weighted by Crippen LogP contribution is -2.61. The van der Waals surface area contributed by atoms with E-state index in [2.05, 4.69) is 51.9 Å². The van der Waals surface area contributed by atoms with Gasteiger partial charge >= 0.3 is 0 Å². The summed E-state index contributed by atoms with van der Waals surface area (Å²) in [5.41, 5.74) is 28.5. The zero-order valence-corrected chi connectivity index (χ0v) is 36.5. The van der Waals surface area contributed by atoms with Crippen molar-refractivity contribution in [3.05, 3.63) is 48.0 Å². The molecule has 1 fully saturated rings. The third-order valence-corrected chi connectivity index (χ3v) is 10.2. The van der Waals surface area contributed by atoms with Crippen molar-refractivity contribution in [3.63, 3.8) is 0 Å². The van der Waals surface area contributed by atoms with Crippen LogP contribution in [-0.2, 0) is 46.4 Å². The number of aromatic amines is 1. The zero-order valence-electron chi connectivity index (χ0n) is 36.5. The number of carbonyl (C=O) groups excluding carboxylic acids is 7. The number of amides is 7. The Kier molecular flexibility index (Phi) is 20.7. The number of carbonyl (C=O) groups is 7. The van der Waals surface area contributed by atoms with Crippen LogP contribution in [-0.4, -0.2) is 143 Å². The summed E-state index contributed by atoms with van der Waals surface area (Å²) < 4.78 is 0. The Labute approximate surface area is 371 Å². The Balaban J connectivity index is 1.93. The van der Waals surface area contributed by atoms with Gasteiger partial charge < -0.3 is 75.6 Å². The van der Waals surface area contributed by atoms with Gasteiger partial charge in [-0.15, -0.1) is 0 Å². The molecule has 7 amide bonds. The lowest BCUT2D eigenvalue weighted by atomic mass is 9.99. The maximum Gasteiger partial charge on any atom is 0.246 e. The molecule has 0 bridgehead atoms. The number of hydrogen-bond acceptors (Lipinski definition) is 12. The van der Waals surface area contributed by atoms with Gasteiger partial charge in [0.25, 0.3) is 0 Å². The molecule has 0 radical (unpaired) electrons. The van der Waals surface area contributed by atoms with E-state index in [0.29, 0.717) is 30.5 Å². The standard InChI is InChI=1S/C40H64N16O8/c1-22(2)32(55-35(61)26(51-31(58)20-46-3)7-4-14-48-39(42)43)37(63)53-28(17-23-10-12-25(57)13-11-23)36(62)52-27(8-5-15-49-40(44)45)34(60)54-29(18-24-19-47-21-50-24)38(64)56-16-6-9-30(56)33(41)59/h10-13,19,21-22,26-30,32,46,57H,4-9,14-18,20H2,1-3H3,(H2,41,59)(H,47,50)(H,51,58)(H,52,62)(H,53,63)(H,54,60)(H,55,61)(H4,42,43,48)(H4,44,45,49)/t26-,27-,28-,29-,30-,32-/m0/s1. The highest BCUT2D eigenvalue weighted by atomic mass is 16.3. The highest BCUT2D eigenvalue weighted by Gasteiger charge is 2.38. The van der Waals surface area contributed by atoms with Gasteiger partial charge in [0.15, 0.2) is 11.9 Å². The number of likely N-dealkylation sites (N-methyl/N-ethyl adjacent to an activating group) is 1. The van der Waals surface area contributed by atoms with Gasteiger partial charge in [-0.05, 0) is 69.2 Å². The molecule has 3 rings (SSSR count). The maximum absolute atomic E-state index is 14.4. The van der Waals surface area contributed by atoms with Gasteiger partial charge in [0.2, 0.25) is 41.4 Å². The number of rotatable bonds is 26. The number of nitrogens with zero attached hydrogens (tertiary/aromatic N) is 4. The van der Waals surface area contributed by atoms with Crippen molar-refractivity contribution >= 4 is 53.3 Å². The molecule has 2 heterocycles. The van der Waals surface area contributed by atoms with E-state index < -0.39 is 83.5 Å². The average molecular weight is 897 g/mol. The fourth-order valence-corrected chi connectivity index (χ4v) is 6.97. The highest BCUT2D eigenvalue weighted by molar-refractivity contribution is 5.97. The van der Waals surface area contributed by atoms with Crippen LogP contribution in [0.1, 0.15) is 63.6 Å². The molecule has 1 saturated heterocycles. The molecule has 1 aromatic carbocycles. The van der Waals surface area contributed by atoms with Crippen LogP contribution in [0.5, 0.6) is 5.75 Å². The summed E-state index contributed by atoms with van der Waals surface area (Å²) in [4.78, 5) is 111. The molecule has 24 heteroatoms. The number of hydrogen-bond donors (Lipinski definition) is 13. The van der Waals surface area contributed by atoms with Crippen molar-refractivity contribution < 1.29 is 38.7 Å². The summed E-state index contributed by atoms with van der Waals surface area (Å²) in [7, 11) is 1.57. The van der Waals surface area contributed by atoms with E-state index in [1.165, 1.54) is 29.6 Å². The SMILES string of the molecule is CNCC(=O)N[C@@H](CCCN=C(N)N)C(=O)N[C@H](C(=O)N[C@@H](Cc1ccc(O)cc1)C(=O)N[C@@H](CCCN=C(N)N)C(=O)N[C@@H](Cc1cnc[nH]1)C(=O)N1CCC[C@H]1C(N)=O)C(C)C. The Morgan fingerprint density at radius 3 is 1.89 bits per heavy atom. The van der Waals surface area contributed by atoms with Gasteiger partial charge in [0, 0.05) is 44.4 Å². The molecule has 0 saturated carbocycles. The second kappa shape index (κ2) is 25.8. The van der Waals surface area contributed by atoms with Crippen molar-refractivity contribution in [3.8, 4) is 5.75 Å². The number of imidazole rings is 1. The molecule has 1 aliphatic rings. The summed E-state index contributed by atoms with van der Waals surface area (Å²) in [5.74, 6) is -5.61. The van der Waals surface area contributed by atoms with Gasteiger partial charge in [-0.3, -0.25) is 43.5 Å². The number of H-pyrrole nitrogens is 1. The Morgan fingerprint density at radius 1 is 0.781 bits per heavy atom. The van der Waals surface area contributed by atoms with Crippen LogP contribution >= 0.6 is 0 Å². The van der Waals surface area contributed by atoms with Crippen LogP contribution < -0.4 is 60.6 Å². The molecule has 64 heavy (non-hydrogen) atoms. The third-order valence-electron chi connectivity index (χ3n) is 10.2. The summed E-state index contributed by atoms with van der Waals surface area (Å²) in [6, 6.07) is -1.15. The van der Waals surface area contributed by atoms with Crippen LogP contribution in [0.15, 0.2) is 46.8 Å². The van der Waals surface area contributed by atoms with Crippen molar-refractivity contribution in [2.24, 2.45) is 44.6 Å². The monoisotopic (exact) mass is 897 g/mol. The van der Waals surface area contributed by atoms with E-state index in [4.69, 9.17) is 28.7 Å². The predicted octanol–water partition coefficient (Wildman–Crippen LogP) is -4.22. The van der Waals surface area contributed by atoms with Crippen molar-refractivity contribution in [1.29, 1.82) is 0 Å². The summed E-state index contributed by atoms with van der Waals surface area (Å²) in [6.07, 6.45) is 4.21. The lowest BCUT2D eigenvalue weighted by Gasteiger charge is -2.30. The first-order valence-corrected chi connectivity index (χ1v) is 21.0. The molecular formula is C40H64N16O8. The zero-order chi connectivity index (χ0) is 47.3. The minimum absolute atomic E-state index is 0.0264. The second-order valence-electron chi connectivity index (χ2n) is 15.7. The van der Waals surface area contributed by atoms with Crippen LogP contribution in [0, 0.1) is 5.92 Å². The number of phenols is 1. The molecular weight excluding hydrogens is 833 g/mol. The number of likely N-dealkylation sites (tertiary alicyclic amines) is 1. The topological polar surface area (TPSA) is 399 Å². The van der Waals surface area contributed by atoms with Crippen molar-refractivity contribution in [1.82, 2.24) is 46.8 Å². The van der Waals surface area contributed by atoms with Gasteiger partial charge in [0.1, 0.15) is 42.0 Å². The molecule has 0 unspecified atom stereocenters. The number of phenolic OH excluding ortho intramolecular Hbond substituents is 1. The fourth-order valence-electron chi connectivity index (χ4n) is 6.97. The normalized spacial score (nSPS) is 15.7. The van der Waals surface area contributed by atoms with E-state index in [0.717, 1.165) is 0 Å². The smallest absolute Gasteiger partial charge is 0.246 e. The molecule has 24 nitrogen and oxygen atoms in total. The minimum atomic E-state index is -1.36. The van der Waals surface area contributed by atoms with Crippen LogP contribution in [0.3, 0.4) is 0 Å². The van der Waals surface area contributed by atoms with E-state index in [-0.39, 0.29) is 76.0 Å². The summed E-state index contributed by atoms with van der Waals surface area (Å²) in [6.45, 7) is 3.78. The van der Waals surface area contributed by atoms with Crippen molar-refractivity contribution in [2.75, 3.05) is 33.2 Å². The fraction of sp³-hybridized carbons (Fsp3) is 0.550. The number of benzene rings is 1. The molecule has 1 aromatic heterocycles. The maximum atomic E-state index is 14.4. The van der Waals surface area contributed by atoms with Gasteiger partial charge in [0.05, 0.1) is 12.9 Å². The largest absolute Gasteiger partial charge is 0.508 e. The van der Waals surface area contributed by atoms with Gasteiger partial charge in [-0.25, -0.2) is 4.98 Å². The van der Waals surface area contributed by atoms with E-state index in [1.807, 2.05) is 0 Å². The Morgan fingerprint density at radius 2 is 1.34 bits per heavy atom. The van der Waals surface area contributed by atoms with Gasteiger partial charge in [-0.1, -0.05) is 26.0 Å². The lowest BCUT2D eigenvalue weighted by molar-refractivity contribution is -0.141. The van der Waals surface area contributed by atoms with E-state index in [1.54, 1.807) is 33.0 Å². The Bertz CT molecular complexity index is 1930. The third kappa shape index (κ3) is 17.1. The summed E-state index contributed by atoms with van der Waals surface area (Å²) >= 11 is 0. The molecule has 1 aliphatic heterocycles. The van der Waals surface area contributed by atoms with Crippen LogP contribution in [0.25, 0.3) is 0 Å². The number of nitrogens with one attached hydrogen (secondary N) is 7. The number of aliphatic imine (C=N–C) groups is 2. The molecule has 6 atom stereocenters. The molecule has 18 N–H and O–H groups in total. The summed E-state index contributed by atoms with van der Waals surface area (Å²) in [5, 5.41) is 26.2. The number of primary amides is 1. The second-order valence-corrected chi connectivity index (χ2v) is 15.7. The number of guanidine groups is 2. The number of nitrogens with two attached hydrogens (primary N) is 5. The van der Waals surface area contributed by atoms with E-state index >= 15 is 0 Å². The molecule has 352 valence electrons. The Hall–Kier alpha value is -6.98. The quantitative estimate of drug-likeness (QED) is 0.0242. The van der Waals surface area contributed by atoms with Crippen molar-refractivity contribution in [2.45, 2.75) is 101 Å². The molecule has 0 spiro atoms. The number of aromatic nitrogens is 2. The van der Waals surface area contributed by atoms with Crippen LogP contribution in [0.4, 0.5) is 0 Å². The molecule has 2 aromatic rings. The first-order chi connectivity index (χ1) is 30.4. The first kappa shape index (κ1) is 51.4. The molecule has 0 aliphatic carbocycles. The predicted molar refractivity (Wildman–Crippen MR) is 236 cm³/mol. The van der Waals surface area contributed by atoms with Gasteiger partial charge in [-0.2, -0.15) is 0 Å². The number of aromatic hydroxyl groups is 1. The average Bonchev–Trinajstić information content (AvgIpc) is 3.95. The first-order valence-electron chi connectivity index (χ1n) is 21.0. The highest BCUT2D eigenvalue weighted by Crippen LogP contribution is 2.19. The minimum Gasteiger partial charge on any atom is -0.508 e. The van der Waals surface area contributed by atoms with E-state index in [9.17, 15) is 38.7 Å². The van der Waals surface area contributed by atoms with Crippen LogP contribution in [0.2, 0.25) is 0 Å².